The SMILES string of the molecule is COc1cc(/C=N/n2c(=S)[nH]nc(C)c2=O)cc(Cl)c1O. The summed E-state index contributed by atoms with van der Waals surface area (Å²) in [5.74, 6) is 0.0397. The Hall–Kier alpha value is -2.19. The number of halogens is 1. The lowest BCUT2D eigenvalue weighted by atomic mass is 10.2. The highest BCUT2D eigenvalue weighted by atomic mass is 35.5. The molecule has 21 heavy (non-hydrogen) atoms. The van der Waals surface area contributed by atoms with E-state index < -0.39 is 5.56 Å². The van der Waals surface area contributed by atoms with Crippen molar-refractivity contribution in [3.8, 4) is 11.5 Å². The highest BCUT2D eigenvalue weighted by Crippen LogP contribution is 2.34. The summed E-state index contributed by atoms with van der Waals surface area (Å²) in [5, 5.41) is 20.0. The molecule has 2 aromatic rings. The summed E-state index contributed by atoms with van der Waals surface area (Å²) in [6, 6.07) is 3.01. The van der Waals surface area contributed by atoms with Crippen LogP contribution in [0, 0.1) is 11.7 Å². The first-order valence-electron chi connectivity index (χ1n) is 5.73. The number of benzene rings is 1. The molecule has 0 bridgehead atoms. The highest BCUT2D eigenvalue weighted by Gasteiger charge is 2.08. The fourth-order valence-electron chi connectivity index (χ4n) is 1.53. The zero-order chi connectivity index (χ0) is 15.6. The van der Waals surface area contributed by atoms with Crippen molar-refractivity contribution in [2.75, 3.05) is 7.11 Å². The fraction of sp³-hybridized carbons (Fsp3) is 0.167. The van der Waals surface area contributed by atoms with Gasteiger partial charge < -0.3 is 9.84 Å². The first kappa shape index (κ1) is 15.2. The summed E-state index contributed by atoms with van der Waals surface area (Å²) in [4.78, 5) is 11.9. The average Bonchev–Trinajstić information content (AvgIpc) is 2.46. The molecule has 9 heteroatoms. The third-order valence-corrected chi connectivity index (χ3v) is 3.16. The standard InChI is InChI=1S/C12H11ClN4O3S/c1-6-11(19)17(12(21)16-15-6)14-5-7-3-8(13)10(18)9(4-7)20-2/h3-5,18H,1-2H3,(H,16,21)/b14-5+. The number of rotatable bonds is 3. The number of phenols is 1. The molecule has 2 rings (SSSR count). The molecule has 2 N–H and O–H groups in total. The third-order valence-electron chi connectivity index (χ3n) is 2.61. The number of phenolic OH excluding ortho intramolecular Hbond substituents is 1. The summed E-state index contributed by atoms with van der Waals surface area (Å²) in [5.41, 5.74) is 0.347. The molecule has 110 valence electrons. The molecule has 0 aliphatic heterocycles. The number of hydrogen-bond acceptors (Lipinski definition) is 6. The van der Waals surface area contributed by atoms with Gasteiger partial charge in [0.15, 0.2) is 11.5 Å². The normalized spacial score (nSPS) is 11.0. The molecule has 1 aromatic carbocycles. The van der Waals surface area contributed by atoms with Gasteiger partial charge in [0.25, 0.3) is 5.56 Å². The van der Waals surface area contributed by atoms with E-state index in [0.29, 0.717) is 5.56 Å². The predicted octanol–water partition coefficient (Wildman–Crippen LogP) is 1.86. The number of aryl methyl sites for hydroxylation is 1. The van der Waals surface area contributed by atoms with E-state index in [1.165, 1.54) is 25.5 Å². The molecule has 0 saturated carbocycles. The molecule has 1 aromatic heterocycles. The van der Waals surface area contributed by atoms with Gasteiger partial charge in [-0.3, -0.25) is 9.89 Å². The minimum atomic E-state index is -0.424. The van der Waals surface area contributed by atoms with E-state index in [9.17, 15) is 9.90 Å². The van der Waals surface area contributed by atoms with Gasteiger partial charge in [-0.2, -0.15) is 14.9 Å². The summed E-state index contributed by atoms with van der Waals surface area (Å²) in [7, 11) is 1.40. The van der Waals surface area contributed by atoms with Gasteiger partial charge in [-0.1, -0.05) is 11.6 Å². The first-order chi connectivity index (χ1) is 9.93. The van der Waals surface area contributed by atoms with Crippen LogP contribution < -0.4 is 10.3 Å². The minimum Gasteiger partial charge on any atom is -0.503 e. The number of nitrogens with one attached hydrogen (secondary N) is 1. The van der Waals surface area contributed by atoms with Crippen LogP contribution in [0.4, 0.5) is 0 Å². The zero-order valence-electron chi connectivity index (χ0n) is 11.1. The lowest BCUT2D eigenvalue weighted by Crippen LogP contribution is -2.22. The highest BCUT2D eigenvalue weighted by molar-refractivity contribution is 7.71. The molecule has 0 spiro atoms. The van der Waals surface area contributed by atoms with Crippen molar-refractivity contribution in [2.45, 2.75) is 6.92 Å². The second-order valence-electron chi connectivity index (χ2n) is 4.03. The van der Waals surface area contributed by atoms with Crippen LogP contribution in [-0.4, -0.2) is 33.3 Å². The van der Waals surface area contributed by atoms with Crippen molar-refractivity contribution in [2.24, 2.45) is 5.10 Å². The van der Waals surface area contributed by atoms with Crippen LogP contribution in [0.5, 0.6) is 11.5 Å². The molecule has 1 heterocycles. The molecular weight excluding hydrogens is 316 g/mol. The van der Waals surface area contributed by atoms with Gasteiger partial charge in [0.1, 0.15) is 5.69 Å². The maximum atomic E-state index is 11.9. The molecular formula is C12H11ClN4O3S. The lowest BCUT2D eigenvalue weighted by Gasteiger charge is -2.06. The van der Waals surface area contributed by atoms with Gasteiger partial charge in [-0.05, 0) is 36.8 Å². The minimum absolute atomic E-state index is 0.0682. The van der Waals surface area contributed by atoms with E-state index in [2.05, 4.69) is 15.3 Å². The molecule has 0 aliphatic rings. The van der Waals surface area contributed by atoms with Gasteiger partial charge in [0, 0.05) is 0 Å². The van der Waals surface area contributed by atoms with Crippen molar-refractivity contribution in [1.29, 1.82) is 0 Å². The van der Waals surface area contributed by atoms with Gasteiger partial charge in [0.2, 0.25) is 4.77 Å². The summed E-state index contributed by atoms with van der Waals surface area (Å²) < 4.78 is 6.06. The Labute approximate surface area is 129 Å². The predicted molar refractivity (Wildman–Crippen MR) is 81.1 cm³/mol. The second-order valence-corrected chi connectivity index (χ2v) is 4.82. The third kappa shape index (κ3) is 3.11. The van der Waals surface area contributed by atoms with E-state index in [-0.39, 0.29) is 27.0 Å². The maximum Gasteiger partial charge on any atom is 0.296 e. The fourth-order valence-corrected chi connectivity index (χ4v) is 1.92. The van der Waals surface area contributed by atoms with Crippen LogP contribution in [0.1, 0.15) is 11.3 Å². The zero-order valence-corrected chi connectivity index (χ0v) is 12.7. The first-order valence-corrected chi connectivity index (χ1v) is 6.52. The number of aromatic nitrogens is 3. The van der Waals surface area contributed by atoms with Crippen molar-refractivity contribution >= 4 is 30.0 Å². The molecule has 0 unspecified atom stereocenters. The summed E-state index contributed by atoms with van der Waals surface area (Å²) in [6.07, 6.45) is 1.37. The summed E-state index contributed by atoms with van der Waals surface area (Å²) >= 11 is 10.8. The van der Waals surface area contributed by atoms with Crippen LogP contribution in [0.2, 0.25) is 5.02 Å². The van der Waals surface area contributed by atoms with Gasteiger partial charge in [-0.15, -0.1) is 0 Å². The lowest BCUT2D eigenvalue weighted by molar-refractivity contribution is 0.373. The van der Waals surface area contributed by atoms with Crippen LogP contribution >= 0.6 is 23.8 Å². The van der Waals surface area contributed by atoms with Crippen LogP contribution in [0.3, 0.4) is 0 Å². The molecule has 0 radical (unpaired) electrons. The van der Waals surface area contributed by atoms with Crippen molar-refractivity contribution < 1.29 is 9.84 Å². The van der Waals surface area contributed by atoms with Gasteiger partial charge in [-0.25, -0.2) is 0 Å². The number of H-pyrrole nitrogens is 1. The molecule has 0 saturated heterocycles. The Balaban J connectivity index is 2.48. The van der Waals surface area contributed by atoms with Gasteiger partial charge >= 0.3 is 0 Å². The van der Waals surface area contributed by atoms with E-state index in [1.54, 1.807) is 6.92 Å². The Kier molecular flexibility index (Phi) is 4.39. The smallest absolute Gasteiger partial charge is 0.296 e. The van der Waals surface area contributed by atoms with Crippen molar-refractivity contribution in [1.82, 2.24) is 14.9 Å². The number of aromatic amines is 1. The van der Waals surface area contributed by atoms with Gasteiger partial charge in [0.05, 0.1) is 18.3 Å². The molecule has 0 atom stereocenters. The number of methoxy groups -OCH3 is 1. The van der Waals surface area contributed by atoms with Crippen LogP contribution in [0.25, 0.3) is 0 Å². The quantitative estimate of drug-likeness (QED) is 0.663. The van der Waals surface area contributed by atoms with E-state index in [0.717, 1.165) is 4.68 Å². The van der Waals surface area contributed by atoms with Crippen molar-refractivity contribution in [3.63, 3.8) is 0 Å². The molecule has 0 fully saturated rings. The summed E-state index contributed by atoms with van der Waals surface area (Å²) in [6.45, 7) is 1.54. The molecule has 7 nitrogen and oxygen atoms in total. The van der Waals surface area contributed by atoms with E-state index >= 15 is 0 Å². The monoisotopic (exact) mass is 326 g/mol. The topological polar surface area (TPSA) is 92.5 Å². The van der Waals surface area contributed by atoms with E-state index in [1.807, 2.05) is 0 Å². The van der Waals surface area contributed by atoms with Crippen LogP contribution in [0.15, 0.2) is 22.0 Å². The molecule has 0 amide bonds. The Bertz CT molecular complexity index is 828. The number of hydrogen-bond donors (Lipinski definition) is 2. The maximum absolute atomic E-state index is 11.9. The largest absolute Gasteiger partial charge is 0.503 e. The average molecular weight is 327 g/mol. The van der Waals surface area contributed by atoms with Crippen molar-refractivity contribution in [3.05, 3.63) is 43.5 Å². The second kappa shape index (κ2) is 6.06. The molecule has 0 aliphatic carbocycles. The van der Waals surface area contributed by atoms with E-state index in [4.69, 9.17) is 28.6 Å². The van der Waals surface area contributed by atoms with Crippen LogP contribution in [-0.2, 0) is 0 Å². The number of ether oxygens (including phenoxy) is 1. The Morgan fingerprint density at radius 2 is 2.29 bits per heavy atom. The Morgan fingerprint density at radius 3 is 2.95 bits per heavy atom. The number of nitrogens with zero attached hydrogens (tertiary/aromatic N) is 3. The Morgan fingerprint density at radius 1 is 1.57 bits per heavy atom. The number of aromatic hydroxyl groups is 1.